The molecule has 0 radical (unpaired) electrons. The van der Waals surface area contributed by atoms with Gasteiger partial charge in [0.25, 0.3) is 0 Å². The first kappa shape index (κ1) is 13.0. The van der Waals surface area contributed by atoms with E-state index < -0.39 is 6.10 Å². The van der Waals surface area contributed by atoms with Crippen molar-refractivity contribution >= 4 is 29.1 Å². The van der Waals surface area contributed by atoms with Crippen molar-refractivity contribution < 1.29 is 5.11 Å². The summed E-state index contributed by atoms with van der Waals surface area (Å²) in [6.45, 7) is 0. The van der Waals surface area contributed by atoms with Crippen LogP contribution in [0.1, 0.15) is 17.2 Å². The van der Waals surface area contributed by atoms with E-state index in [0.29, 0.717) is 12.2 Å². The molecule has 3 rings (SSSR count). The zero-order chi connectivity index (χ0) is 14.3. The average molecular weight is 292 g/mol. The molecule has 0 unspecified atom stereocenters. The minimum Gasteiger partial charge on any atom is -0.393 e. The van der Waals surface area contributed by atoms with Crippen molar-refractivity contribution in [2.45, 2.75) is 18.6 Å². The van der Waals surface area contributed by atoms with Crippen LogP contribution in [-0.2, 0) is 6.42 Å². The van der Waals surface area contributed by atoms with Crippen molar-refractivity contribution in [3.63, 3.8) is 0 Å². The molecule has 104 valence electrons. The second-order valence-electron chi connectivity index (χ2n) is 4.73. The summed E-state index contributed by atoms with van der Waals surface area (Å²) in [6, 6.07) is 7.54. The summed E-state index contributed by atoms with van der Waals surface area (Å²) >= 11 is 5.88. The Morgan fingerprint density at radius 3 is 2.80 bits per heavy atom. The van der Waals surface area contributed by atoms with Gasteiger partial charge < -0.3 is 21.9 Å². The zero-order valence-corrected chi connectivity index (χ0v) is 11.3. The summed E-state index contributed by atoms with van der Waals surface area (Å²) in [6.07, 6.45) is 0.0314. The van der Waals surface area contributed by atoms with Gasteiger partial charge in [0, 0.05) is 6.42 Å². The molecule has 20 heavy (non-hydrogen) atoms. The van der Waals surface area contributed by atoms with Crippen LogP contribution >= 0.6 is 11.6 Å². The summed E-state index contributed by atoms with van der Waals surface area (Å²) in [5.74, 6) is 0.371. The first-order chi connectivity index (χ1) is 9.56. The Labute approximate surface area is 120 Å². The molecule has 1 aromatic carbocycles. The molecular weight excluding hydrogens is 278 g/mol. The second-order valence-corrected chi connectivity index (χ2v) is 5.09. The molecule has 1 aliphatic rings. The quantitative estimate of drug-likeness (QED) is 0.622. The van der Waals surface area contributed by atoms with Crippen LogP contribution in [-0.4, -0.2) is 21.2 Å². The number of nitrogens with zero attached hydrogens (tertiary/aromatic N) is 2. The first-order valence-electron chi connectivity index (χ1n) is 6.17. The molecule has 6 nitrogen and oxygen atoms in total. The van der Waals surface area contributed by atoms with Crippen molar-refractivity contribution in [3.05, 3.63) is 40.5 Å². The Hall–Kier alpha value is -2.05. The van der Waals surface area contributed by atoms with E-state index >= 15 is 0 Å². The highest BCUT2D eigenvalue weighted by Crippen LogP contribution is 2.35. The maximum Gasteiger partial charge on any atom is 0.223 e. The van der Waals surface area contributed by atoms with E-state index in [2.05, 4.69) is 15.3 Å². The lowest BCUT2D eigenvalue weighted by Crippen LogP contribution is -2.22. The fraction of sp³-hybridized carbons (Fsp3) is 0.231. The highest BCUT2D eigenvalue weighted by Gasteiger charge is 2.31. The van der Waals surface area contributed by atoms with Gasteiger partial charge in [-0.2, -0.15) is 9.97 Å². The van der Waals surface area contributed by atoms with Crippen LogP contribution in [0.3, 0.4) is 0 Å². The molecule has 1 heterocycles. The van der Waals surface area contributed by atoms with E-state index in [9.17, 15) is 5.11 Å². The molecule has 0 aliphatic heterocycles. The number of hydrogen-bond donors (Lipinski definition) is 4. The largest absolute Gasteiger partial charge is 0.393 e. The number of hydrogen-bond acceptors (Lipinski definition) is 6. The van der Waals surface area contributed by atoms with E-state index in [1.165, 1.54) is 0 Å². The monoisotopic (exact) mass is 291 g/mol. The van der Waals surface area contributed by atoms with E-state index in [-0.39, 0.29) is 22.8 Å². The molecule has 0 saturated carbocycles. The van der Waals surface area contributed by atoms with Crippen LogP contribution in [0, 0.1) is 0 Å². The standard InChI is InChI=1S/C13H14ClN5O/c14-11-9(15)12(19-13(16)18-11)17-10-7-4-2-1-3-6(7)5-8(10)20/h1-4,8,10,20H,5,15H2,(H3,16,17,18,19)/t8-,10+/m0/s1. The van der Waals surface area contributed by atoms with Crippen LogP contribution < -0.4 is 16.8 Å². The fourth-order valence-electron chi connectivity index (χ4n) is 2.46. The maximum atomic E-state index is 10.2. The summed E-state index contributed by atoms with van der Waals surface area (Å²) in [5.41, 5.74) is 13.7. The Kier molecular flexibility index (Phi) is 3.11. The van der Waals surface area contributed by atoms with Crippen molar-refractivity contribution in [1.82, 2.24) is 9.97 Å². The van der Waals surface area contributed by atoms with Gasteiger partial charge in [0.15, 0.2) is 11.0 Å². The van der Waals surface area contributed by atoms with Crippen LogP contribution in [0.25, 0.3) is 0 Å². The lowest BCUT2D eigenvalue weighted by molar-refractivity contribution is 0.165. The van der Waals surface area contributed by atoms with Gasteiger partial charge in [0.05, 0.1) is 12.1 Å². The number of nitrogens with two attached hydrogens (primary N) is 2. The van der Waals surface area contributed by atoms with Gasteiger partial charge in [0.2, 0.25) is 5.95 Å². The molecule has 0 fully saturated rings. The fourth-order valence-corrected chi connectivity index (χ4v) is 2.64. The summed E-state index contributed by atoms with van der Waals surface area (Å²) in [7, 11) is 0. The number of anilines is 3. The van der Waals surface area contributed by atoms with E-state index in [0.717, 1.165) is 11.1 Å². The molecule has 2 aromatic rings. The summed E-state index contributed by atoms with van der Waals surface area (Å²) in [5, 5.41) is 13.4. The molecule has 2 atom stereocenters. The normalized spacial score (nSPS) is 20.7. The number of aromatic nitrogens is 2. The zero-order valence-electron chi connectivity index (χ0n) is 10.5. The average Bonchev–Trinajstić information content (AvgIpc) is 2.72. The van der Waals surface area contributed by atoms with Gasteiger partial charge in [-0.3, -0.25) is 0 Å². The number of nitrogens with one attached hydrogen (secondary N) is 1. The van der Waals surface area contributed by atoms with E-state index in [4.69, 9.17) is 23.1 Å². The van der Waals surface area contributed by atoms with Crippen molar-refractivity contribution in [3.8, 4) is 0 Å². The lowest BCUT2D eigenvalue weighted by Gasteiger charge is -2.20. The van der Waals surface area contributed by atoms with Gasteiger partial charge in [-0.25, -0.2) is 0 Å². The number of rotatable bonds is 2. The number of aliphatic hydroxyl groups excluding tert-OH is 1. The maximum absolute atomic E-state index is 10.2. The van der Waals surface area contributed by atoms with E-state index in [1.54, 1.807) is 0 Å². The minimum absolute atomic E-state index is 0.0347. The third-order valence-electron chi connectivity index (χ3n) is 3.41. The summed E-state index contributed by atoms with van der Waals surface area (Å²) in [4.78, 5) is 7.82. The van der Waals surface area contributed by atoms with Crippen molar-refractivity contribution in [2.24, 2.45) is 0 Å². The number of fused-ring (bicyclic) bond motifs is 1. The Morgan fingerprint density at radius 1 is 1.25 bits per heavy atom. The molecule has 7 heteroatoms. The molecule has 0 bridgehead atoms. The predicted octanol–water partition coefficient (Wildman–Crippen LogP) is 1.36. The number of nitrogen functional groups attached to an aromatic ring is 2. The molecular formula is C13H14ClN5O. The van der Waals surface area contributed by atoms with Crippen molar-refractivity contribution in [2.75, 3.05) is 16.8 Å². The molecule has 0 saturated heterocycles. The molecule has 1 aromatic heterocycles. The van der Waals surface area contributed by atoms with Crippen LogP contribution in [0.2, 0.25) is 5.15 Å². The predicted molar refractivity (Wildman–Crippen MR) is 78.4 cm³/mol. The van der Waals surface area contributed by atoms with E-state index in [1.807, 2.05) is 24.3 Å². The second kappa shape index (κ2) is 4.81. The van der Waals surface area contributed by atoms with Crippen LogP contribution in [0.4, 0.5) is 17.5 Å². The summed E-state index contributed by atoms with van der Waals surface area (Å²) < 4.78 is 0. The van der Waals surface area contributed by atoms with Crippen LogP contribution in [0.15, 0.2) is 24.3 Å². The molecule has 6 N–H and O–H groups in total. The highest BCUT2D eigenvalue weighted by atomic mass is 35.5. The first-order valence-corrected chi connectivity index (χ1v) is 6.55. The highest BCUT2D eigenvalue weighted by molar-refractivity contribution is 6.32. The van der Waals surface area contributed by atoms with Gasteiger partial charge in [0.1, 0.15) is 5.69 Å². The SMILES string of the molecule is Nc1nc(Cl)c(N)c(N[C@@H]2c3ccccc3C[C@@H]2O)n1. The van der Waals surface area contributed by atoms with Crippen molar-refractivity contribution in [1.29, 1.82) is 0 Å². The van der Waals surface area contributed by atoms with Gasteiger partial charge in [-0.1, -0.05) is 35.9 Å². The number of benzene rings is 1. The van der Waals surface area contributed by atoms with Gasteiger partial charge in [-0.05, 0) is 11.1 Å². The Balaban J connectivity index is 1.96. The molecule has 0 spiro atoms. The molecule has 0 amide bonds. The van der Waals surface area contributed by atoms with Gasteiger partial charge in [-0.15, -0.1) is 0 Å². The van der Waals surface area contributed by atoms with Gasteiger partial charge >= 0.3 is 0 Å². The third kappa shape index (κ3) is 2.13. The third-order valence-corrected chi connectivity index (χ3v) is 3.70. The Morgan fingerprint density at radius 2 is 2.00 bits per heavy atom. The van der Waals surface area contributed by atoms with Crippen LogP contribution in [0.5, 0.6) is 0 Å². The molecule has 1 aliphatic carbocycles. The smallest absolute Gasteiger partial charge is 0.223 e. The topological polar surface area (TPSA) is 110 Å². The Bertz CT molecular complexity index is 663. The minimum atomic E-state index is -0.554. The number of halogens is 1. The number of aliphatic hydroxyl groups is 1. The lowest BCUT2D eigenvalue weighted by atomic mass is 10.1.